The average molecular weight is 1160 g/mol. The molecule has 3 atom stereocenters. The molecule has 0 aliphatic carbocycles. The SMILES string of the molecule is CC/C=C/C=C/C=C/CCCCCCCCCC(=O)OC(/C=C\CCCCCCCCCCCCC)C(COP(=O)(O)OCC[N+](C)(C)C)NC(=O)CCCCCCCCCCCCCCCCCCC/C=C\C/C=C\CCCCC. The Hall–Kier alpha value is -2.55. The van der Waals surface area contributed by atoms with Crippen LogP contribution < -0.4 is 5.32 Å². The largest absolute Gasteiger partial charge is 0.472 e. The molecule has 0 aromatic heterocycles. The third-order valence-electron chi connectivity index (χ3n) is 15.2. The molecular weight excluding hydrogens is 1020 g/mol. The number of phosphoric ester groups is 1. The van der Waals surface area contributed by atoms with E-state index in [0.29, 0.717) is 17.4 Å². The van der Waals surface area contributed by atoms with Crippen LogP contribution in [-0.2, 0) is 27.9 Å². The van der Waals surface area contributed by atoms with Gasteiger partial charge in [0.1, 0.15) is 19.3 Å². The molecule has 0 aliphatic rings. The molecule has 81 heavy (non-hydrogen) atoms. The highest BCUT2D eigenvalue weighted by atomic mass is 31.2. The predicted molar refractivity (Wildman–Crippen MR) is 351 cm³/mol. The van der Waals surface area contributed by atoms with E-state index >= 15 is 0 Å². The summed E-state index contributed by atoms with van der Waals surface area (Å²) in [7, 11) is 1.49. The van der Waals surface area contributed by atoms with Crippen molar-refractivity contribution in [1.82, 2.24) is 5.32 Å². The Labute approximate surface area is 502 Å². The number of hydrogen-bond acceptors (Lipinski definition) is 6. The minimum atomic E-state index is -4.46. The molecule has 0 radical (unpaired) electrons. The predicted octanol–water partition coefficient (Wildman–Crippen LogP) is 21.6. The highest BCUT2D eigenvalue weighted by Crippen LogP contribution is 2.43. The number of carbonyl (C=O) groups excluding carboxylic acids is 2. The molecule has 10 heteroatoms. The lowest BCUT2D eigenvalue weighted by atomic mass is 10.0. The Balaban J connectivity index is 5.04. The first-order chi connectivity index (χ1) is 39.4. The molecule has 9 nitrogen and oxygen atoms in total. The lowest BCUT2D eigenvalue weighted by Crippen LogP contribution is -2.47. The van der Waals surface area contributed by atoms with E-state index in [4.69, 9.17) is 13.8 Å². The van der Waals surface area contributed by atoms with Gasteiger partial charge in [0.25, 0.3) is 0 Å². The summed E-state index contributed by atoms with van der Waals surface area (Å²) in [5.41, 5.74) is 0. The Morgan fingerprint density at radius 2 is 0.840 bits per heavy atom. The van der Waals surface area contributed by atoms with Gasteiger partial charge in [0.2, 0.25) is 5.91 Å². The third kappa shape index (κ3) is 61.8. The highest BCUT2D eigenvalue weighted by Gasteiger charge is 2.30. The van der Waals surface area contributed by atoms with Gasteiger partial charge in [0.15, 0.2) is 0 Å². The standard InChI is InChI=1S/C71H131N2O7P/c1-7-10-13-16-19-22-25-28-30-31-32-33-34-35-36-37-38-39-40-41-43-45-48-51-54-57-60-63-70(74)72-68(67-79-81(76,77)78-66-65-73(4,5)6)69(62-59-56-53-50-47-44-27-24-21-18-15-12-9-3)80-71(75)64-61-58-55-52-49-46-42-29-26-23-20-17-14-11-8-2/h11,14,17,19-20,22-23,26,28,30,59,62,68-69H,7-10,12-13,15-16,18,21,24-25,27,29,31-58,60-61,63-67H2,1-6H3,(H-,72,74,76,77)/p+1/b14-11+,20-17+,22-19-,26-23+,30-28-,62-59-. The lowest BCUT2D eigenvalue weighted by Gasteiger charge is -2.27. The summed E-state index contributed by atoms with van der Waals surface area (Å²) < 4.78 is 30.8. The van der Waals surface area contributed by atoms with E-state index in [-0.39, 0.29) is 31.5 Å². The van der Waals surface area contributed by atoms with Crippen molar-refractivity contribution in [2.45, 2.75) is 328 Å². The van der Waals surface area contributed by atoms with E-state index in [9.17, 15) is 19.0 Å². The summed E-state index contributed by atoms with van der Waals surface area (Å²) in [4.78, 5) is 37.8. The van der Waals surface area contributed by atoms with Crippen molar-refractivity contribution in [3.63, 3.8) is 0 Å². The van der Waals surface area contributed by atoms with Crippen molar-refractivity contribution >= 4 is 19.7 Å². The average Bonchev–Trinajstić information content (AvgIpc) is 3.44. The number of nitrogens with one attached hydrogen (secondary N) is 1. The zero-order chi connectivity index (χ0) is 59.3. The number of amides is 1. The van der Waals surface area contributed by atoms with Crippen LogP contribution in [0.25, 0.3) is 0 Å². The highest BCUT2D eigenvalue weighted by molar-refractivity contribution is 7.47. The van der Waals surface area contributed by atoms with Gasteiger partial charge >= 0.3 is 13.8 Å². The van der Waals surface area contributed by atoms with E-state index in [1.165, 1.54) is 199 Å². The number of esters is 1. The van der Waals surface area contributed by atoms with Crippen LogP contribution in [0.5, 0.6) is 0 Å². The Bertz CT molecular complexity index is 1620. The molecular formula is C71H132N2O7P+. The van der Waals surface area contributed by atoms with Crippen LogP contribution in [-0.4, -0.2) is 74.3 Å². The number of nitrogens with zero attached hydrogens (tertiary/aromatic N) is 1. The molecule has 0 aromatic rings. The van der Waals surface area contributed by atoms with E-state index < -0.39 is 20.0 Å². The Kier molecular flexibility index (Phi) is 58.7. The fraction of sp³-hybridized carbons (Fsp3) is 0.803. The second kappa shape index (κ2) is 60.6. The summed E-state index contributed by atoms with van der Waals surface area (Å²) in [5, 5.41) is 3.07. The molecule has 0 bridgehead atoms. The summed E-state index contributed by atoms with van der Waals surface area (Å²) >= 11 is 0. The molecule has 0 spiro atoms. The maximum absolute atomic E-state index is 13.6. The van der Waals surface area contributed by atoms with E-state index in [1.54, 1.807) is 0 Å². The van der Waals surface area contributed by atoms with Crippen LogP contribution >= 0.6 is 7.82 Å². The number of allylic oxidation sites excluding steroid dienone is 11. The topological polar surface area (TPSA) is 111 Å². The van der Waals surface area contributed by atoms with Crippen molar-refractivity contribution in [3.8, 4) is 0 Å². The summed E-state index contributed by atoms with van der Waals surface area (Å²) in [6.07, 6.45) is 79.1. The zero-order valence-corrected chi connectivity index (χ0v) is 54.9. The molecule has 1 amide bonds. The second-order valence-corrected chi connectivity index (χ2v) is 25.8. The van der Waals surface area contributed by atoms with Crippen LogP contribution in [0.1, 0.15) is 316 Å². The quantitative estimate of drug-likeness (QED) is 0.0156. The molecule has 0 rings (SSSR count). The zero-order valence-electron chi connectivity index (χ0n) is 54.0. The number of unbranched alkanes of at least 4 members (excludes halogenated alkanes) is 38. The van der Waals surface area contributed by atoms with Crippen LogP contribution in [0.4, 0.5) is 0 Å². The fourth-order valence-electron chi connectivity index (χ4n) is 9.91. The van der Waals surface area contributed by atoms with E-state index in [2.05, 4.69) is 86.8 Å². The molecule has 0 fully saturated rings. The molecule has 0 heterocycles. The number of ether oxygens (including phenoxy) is 1. The van der Waals surface area contributed by atoms with Gasteiger partial charge in [-0.2, -0.15) is 0 Å². The molecule has 0 saturated heterocycles. The van der Waals surface area contributed by atoms with E-state index in [0.717, 1.165) is 83.5 Å². The van der Waals surface area contributed by atoms with E-state index in [1.807, 2.05) is 33.3 Å². The number of phosphoric acid groups is 1. The molecule has 2 N–H and O–H groups in total. The molecule has 0 aliphatic heterocycles. The number of rotatable bonds is 62. The molecule has 0 saturated carbocycles. The summed E-state index contributed by atoms with van der Waals surface area (Å²) in [6, 6.07) is -0.855. The number of carbonyl (C=O) groups is 2. The maximum atomic E-state index is 13.6. The summed E-state index contributed by atoms with van der Waals surface area (Å²) in [5.74, 6) is -0.510. The number of likely N-dealkylation sites (N-methyl/N-ethyl adjacent to an activating group) is 1. The second-order valence-electron chi connectivity index (χ2n) is 24.4. The monoisotopic (exact) mass is 1160 g/mol. The Morgan fingerprint density at radius 1 is 0.457 bits per heavy atom. The van der Waals surface area contributed by atoms with Crippen molar-refractivity contribution in [1.29, 1.82) is 0 Å². The van der Waals surface area contributed by atoms with Crippen molar-refractivity contribution in [3.05, 3.63) is 72.9 Å². The van der Waals surface area contributed by atoms with Crippen LogP contribution in [0.2, 0.25) is 0 Å². The lowest BCUT2D eigenvalue weighted by molar-refractivity contribution is -0.870. The van der Waals surface area contributed by atoms with Crippen molar-refractivity contribution < 1.29 is 37.3 Å². The molecule has 472 valence electrons. The van der Waals surface area contributed by atoms with Crippen molar-refractivity contribution in [2.24, 2.45) is 0 Å². The Morgan fingerprint density at radius 3 is 1.30 bits per heavy atom. The van der Waals surface area contributed by atoms with Gasteiger partial charge in [0, 0.05) is 12.8 Å². The number of hydrogen-bond donors (Lipinski definition) is 2. The maximum Gasteiger partial charge on any atom is 0.472 e. The first-order valence-corrected chi connectivity index (χ1v) is 35.8. The molecule has 0 aromatic carbocycles. The van der Waals surface area contributed by atoms with Gasteiger partial charge in [0.05, 0.1) is 33.8 Å². The normalized spacial score (nSPS) is 14.0. The van der Waals surface area contributed by atoms with Crippen LogP contribution in [0, 0.1) is 0 Å². The van der Waals surface area contributed by atoms with Gasteiger partial charge < -0.3 is 19.4 Å². The first-order valence-electron chi connectivity index (χ1n) is 34.3. The van der Waals surface area contributed by atoms with Gasteiger partial charge in [-0.05, 0) is 83.1 Å². The van der Waals surface area contributed by atoms with Gasteiger partial charge in [-0.3, -0.25) is 18.6 Å². The first kappa shape index (κ1) is 78.5. The summed E-state index contributed by atoms with van der Waals surface area (Å²) in [6.45, 7) is 6.88. The van der Waals surface area contributed by atoms with Crippen LogP contribution in [0.3, 0.4) is 0 Å². The molecule has 3 unspecified atom stereocenters. The smallest absolute Gasteiger partial charge is 0.456 e. The third-order valence-corrected chi connectivity index (χ3v) is 16.2. The van der Waals surface area contributed by atoms with Gasteiger partial charge in [-0.15, -0.1) is 0 Å². The fourth-order valence-corrected chi connectivity index (χ4v) is 10.6. The van der Waals surface area contributed by atoms with Crippen molar-refractivity contribution in [2.75, 3.05) is 40.9 Å². The number of quaternary nitrogens is 1. The van der Waals surface area contributed by atoms with Crippen LogP contribution in [0.15, 0.2) is 72.9 Å². The minimum absolute atomic E-state index is 0.0372. The van der Waals surface area contributed by atoms with Gasteiger partial charge in [-0.1, -0.05) is 293 Å². The van der Waals surface area contributed by atoms with Gasteiger partial charge in [-0.25, -0.2) is 4.57 Å². The minimum Gasteiger partial charge on any atom is -0.456 e.